The molecule has 3 heteroatoms. The summed E-state index contributed by atoms with van der Waals surface area (Å²) in [4.78, 5) is 9.00. The summed E-state index contributed by atoms with van der Waals surface area (Å²) in [7, 11) is 0. The van der Waals surface area contributed by atoms with Crippen LogP contribution in [0.25, 0.3) is 0 Å². The third kappa shape index (κ3) is 31.8. The van der Waals surface area contributed by atoms with Crippen molar-refractivity contribution in [2.24, 2.45) is 0 Å². The summed E-state index contributed by atoms with van der Waals surface area (Å²) in [6.45, 7) is 3.73. The van der Waals surface area contributed by atoms with Gasteiger partial charge in [0, 0.05) is 13.5 Å². The van der Waals surface area contributed by atoms with Crippen LogP contribution in [0, 0.1) is 0 Å². The van der Waals surface area contributed by atoms with E-state index in [0.29, 0.717) is 6.61 Å². The smallest absolute Gasteiger partial charge is 0.300 e. The van der Waals surface area contributed by atoms with Crippen LogP contribution in [0.4, 0.5) is 0 Å². The molecule has 0 heterocycles. The van der Waals surface area contributed by atoms with Gasteiger partial charge in [-0.3, -0.25) is 4.79 Å². The Kier molecular flexibility index (Phi) is 21.6. The molecular weight excluding hydrogens is 240 g/mol. The number of hydrogen-bond acceptors (Lipinski definition) is 2. The van der Waals surface area contributed by atoms with Gasteiger partial charge >= 0.3 is 0 Å². The summed E-state index contributed by atoms with van der Waals surface area (Å²) < 4.78 is 0. The van der Waals surface area contributed by atoms with Crippen LogP contribution < -0.4 is 0 Å². The summed E-state index contributed by atoms with van der Waals surface area (Å²) in [5.41, 5.74) is 0. The predicted octanol–water partition coefficient (Wildman–Crippen LogP) is 4.77. The van der Waals surface area contributed by atoms with Crippen LogP contribution in [0.1, 0.15) is 90.9 Å². The first-order valence-electron chi connectivity index (χ1n) is 7.95. The number of carboxylic acid groups (broad SMARTS) is 1. The van der Waals surface area contributed by atoms with E-state index in [0.717, 1.165) is 13.3 Å². The average molecular weight is 274 g/mol. The molecule has 2 N–H and O–H groups in total. The van der Waals surface area contributed by atoms with Gasteiger partial charge in [0.05, 0.1) is 0 Å². The molecule has 0 radical (unpaired) electrons. The van der Waals surface area contributed by atoms with Gasteiger partial charge in [-0.05, 0) is 6.42 Å². The molecule has 0 atom stereocenters. The Morgan fingerprint density at radius 2 is 1.00 bits per heavy atom. The van der Waals surface area contributed by atoms with Gasteiger partial charge in [-0.15, -0.1) is 0 Å². The molecule has 0 fully saturated rings. The number of aliphatic hydroxyl groups excluding tert-OH is 1. The first kappa shape index (κ1) is 20.7. The second kappa shape index (κ2) is 19.8. The summed E-state index contributed by atoms with van der Waals surface area (Å²) in [6, 6.07) is 0. The fraction of sp³-hybridized carbons (Fsp3) is 0.938. The van der Waals surface area contributed by atoms with E-state index in [9.17, 15) is 0 Å². The maximum Gasteiger partial charge on any atom is 0.300 e. The fourth-order valence-corrected chi connectivity index (χ4v) is 1.95. The average Bonchev–Trinajstić information content (AvgIpc) is 2.35. The molecule has 3 nitrogen and oxygen atoms in total. The lowest BCUT2D eigenvalue weighted by molar-refractivity contribution is -0.134. The topological polar surface area (TPSA) is 57.5 Å². The van der Waals surface area contributed by atoms with Gasteiger partial charge in [0.25, 0.3) is 5.97 Å². The van der Waals surface area contributed by atoms with Gasteiger partial charge in [0.2, 0.25) is 0 Å². The Morgan fingerprint density at radius 1 is 0.737 bits per heavy atom. The molecule has 116 valence electrons. The maximum atomic E-state index is 9.00. The van der Waals surface area contributed by atoms with E-state index in [1.54, 1.807) is 0 Å². The highest BCUT2D eigenvalue weighted by molar-refractivity contribution is 5.62. The van der Waals surface area contributed by atoms with Gasteiger partial charge in [-0.2, -0.15) is 0 Å². The first-order chi connectivity index (χ1) is 9.15. The largest absolute Gasteiger partial charge is 0.481 e. The minimum Gasteiger partial charge on any atom is -0.481 e. The molecule has 0 aliphatic heterocycles. The van der Waals surface area contributed by atoms with Crippen molar-refractivity contribution in [1.82, 2.24) is 0 Å². The molecule has 0 rings (SSSR count). The molecule has 0 bridgehead atoms. The first-order valence-corrected chi connectivity index (χ1v) is 7.95. The predicted molar refractivity (Wildman–Crippen MR) is 81.5 cm³/mol. The standard InChI is InChI=1S/C14H30O.C2H4O2/c1-2-3-4-5-6-7-8-9-10-11-12-13-14-15;1-2(3)4/h15H,2-14H2,1H3;1H3,(H,3,4). The molecule has 0 spiro atoms. The highest BCUT2D eigenvalue weighted by atomic mass is 16.4. The molecule has 0 unspecified atom stereocenters. The fourth-order valence-electron chi connectivity index (χ4n) is 1.95. The van der Waals surface area contributed by atoms with Crippen molar-refractivity contribution in [2.75, 3.05) is 6.61 Å². The second-order valence-corrected chi connectivity index (χ2v) is 5.13. The van der Waals surface area contributed by atoms with Gasteiger partial charge in [-0.25, -0.2) is 0 Å². The number of aliphatic hydroxyl groups is 1. The van der Waals surface area contributed by atoms with E-state index in [1.165, 1.54) is 70.6 Å². The van der Waals surface area contributed by atoms with E-state index in [1.807, 2.05) is 0 Å². The van der Waals surface area contributed by atoms with Crippen LogP contribution in [0.2, 0.25) is 0 Å². The Labute approximate surface area is 119 Å². The third-order valence-corrected chi connectivity index (χ3v) is 3.01. The molecule has 19 heavy (non-hydrogen) atoms. The van der Waals surface area contributed by atoms with Crippen molar-refractivity contribution in [3.63, 3.8) is 0 Å². The van der Waals surface area contributed by atoms with Crippen molar-refractivity contribution < 1.29 is 15.0 Å². The van der Waals surface area contributed by atoms with Crippen LogP contribution in [-0.2, 0) is 4.79 Å². The van der Waals surface area contributed by atoms with Gasteiger partial charge in [0.15, 0.2) is 0 Å². The van der Waals surface area contributed by atoms with Crippen LogP contribution in [0.5, 0.6) is 0 Å². The Bertz CT molecular complexity index is 153. The molecular formula is C16H34O3. The molecule has 0 aliphatic carbocycles. The second-order valence-electron chi connectivity index (χ2n) is 5.13. The van der Waals surface area contributed by atoms with Crippen molar-refractivity contribution in [3.8, 4) is 0 Å². The van der Waals surface area contributed by atoms with E-state index in [-0.39, 0.29) is 0 Å². The summed E-state index contributed by atoms with van der Waals surface area (Å²) in [6.07, 6.45) is 16.2. The lowest BCUT2D eigenvalue weighted by Gasteiger charge is -2.01. The van der Waals surface area contributed by atoms with Crippen molar-refractivity contribution in [2.45, 2.75) is 90.9 Å². The van der Waals surface area contributed by atoms with E-state index >= 15 is 0 Å². The zero-order valence-electron chi connectivity index (χ0n) is 13.0. The monoisotopic (exact) mass is 274 g/mol. The normalized spacial score (nSPS) is 9.84. The van der Waals surface area contributed by atoms with Gasteiger partial charge < -0.3 is 10.2 Å². The van der Waals surface area contributed by atoms with E-state index in [2.05, 4.69) is 6.92 Å². The van der Waals surface area contributed by atoms with Crippen molar-refractivity contribution >= 4 is 5.97 Å². The van der Waals surface area contributed by atoms with E-state index in [4.69, 9.17) is 15.0 Å². The molecule has 0 aromatic heterocycles. The SMILES string of the molecule is CC(=O)O.CCCCCCCCCCCCCCO. The lowest BCUT2D eigenvalue weighted by atomic mass is 10.1. The summed E-state index contributed by atoms with van der Waals surface area (Å²) >= 11 is 0. The summed E-state index contributed by atoms with van der Waals surface area (Å²) in [5, 5.41) is 16.0. The highest BCUT2D eigenvalue weighted by Crippen LogP contribution is 2.11. The van der Waals surface area contributed by atoms with E-state index < -0.39 is 5.97 Å². The number of hydrogen-bond donors (Lipinski definition) is 2. The molecule has 0 saturated heterocycles. The Morgan fingerprint density at radius 3 is 1.26 bits per heavy atom. The van der Waals surface area contributed by atoms with Crippen LogP contribution in [0.3, 0.4) is 0 Å². The molecule has 0 aliphatic rings. The Balaban J connectivity index is 0. The number of carbonyl (C=O) groups is 1. The summed E-state index contributed by atoms with van der Waals surface area (Å²) in [5.74, 6) is -0.833. The van der Waals surface area contributed by atoms with Gasteiger partial charge in [0.1, 0.15) is 0 Å². The molecule has 0 amide bonds. The molecule has 0 aromatic carbocycles. The zero-order chi connectivity index (χ0) is 14.8. The van der Waals surface area contributed by atoms with Crippen LogP contribution in [-0.4, -0.2) is 22.8 Å². The Hall–Kier alpha value is -0.570. The van der Waals surface area contributed by atoms with Gasteiger partial charge in [-0.1, -0.05) is 77.6 Å². The molecule has 0 saturated carbocycles. The lowest BCUT2D eigenvalue weighted by Crippen LogP contribution is -1.84. The van der Waals surface area contributed by atoms with Crippen molar-refractivity contribution in [3.05, 3.63) is 0 Å². The molecule has 0 aromatic rings. The van der Waals surface area contributed by atoms with Crippen LogP contribution >= 0.6 is 0 Å². The van der Waals surface area contributed by atoms with Crippen molar-refractivity contribution in [1.29, 1.82) is 0 Å². The number of rotatable bonds is 12. The highest BCUT2D eigenvalue weighted by Gasteiger charge is 1.92. The number of aliphatic carboxylic acids is 1. The number of carboxylic acids is 1. The van der Waals surface area contributed by atoms with Crippen LogP contribution in [0.15, 0.2) is 0 Å². The zero-order valence-corrected chi connectivity index (χ0v) is 13.0. The quantitative estimate of drug-likeness (QED) is 0.504. The third-order valence-electron chi connectivity index (χ3n) is 3.01. The minimum absolute atomic E-state index is 0.372. The minimum atomic E-state index is -0.833. The number of unbranched alkanes of at least 4 members (excludes halogenated alkanes) is 11. The maximum absolute atomic E-state index is 9.00.